The Morgan fingerprint density at radius 3 is 2.47 bits per heavy atom. The number of nitrogens with one attached hydrogen (secondary N) is 1. The van der Waals surface area contributed by atoms with Gasteiger partial charge in [0.2, 0.25) is 5.91 Å². The van der Waals surface area contributed by atoms with Crippen LogP contribution in [0.15, 0.2) is 58.1 Å². The second kappa shape index (κ2) is 9.12. The van der Waals surface area contributed by atoms with E-state index in [0.29, 0.717) is 32.4 Å². The molecule has 0 aliphatic heterocycles. The summed E-state index contributed by atoms with van der Waals surface area (Å²) in [5.74, 6) is 0.255. The van der Waals surface area contributed by atoms with E-state index in [0.717, 1.165) is 40.7 Å². The Morgan fingerprint density at radius 2 is 1.76 bits per heavy atom. The first-order valence-electron chi connectivity index (χ1n) is 11.0. The number of amides is 1. The number of nitrogens with zero attached hydrogens (tertiary/aromatic N) is 2. The topological polar surface area (TPSA) is 82.3 Å². The van der Waals surface area contributed by atoms with Gasteiger partial charge in [0.1, 0.15) is 17.1 Å². The molecule has 0 radical (unpaired) electrons. The third-order valence-corrected chi connectivity index (χ3v) is 7.56. The molecule has 9 heteroatoms. The maximum atomic E-state index is 13.6. The van der Waals surface area contributed by atoms with Crippen LogP contribution in [0.3, 0.4) is 0 Å². The zero-order valence-corrected chi connectivity index (χ0v) is 20.0. The first-order chi connectivity index (χ1) is 16.5. The second-order valence-corrected chi connectivity index (χ2v) is 9.67. The maximum Gasteiger partial charge on any atom is 0.337 e. The van der Waals surface area contributed by atoms with E-state index in [1.165, 1.54) is 15.9 Å². The van der Waals surface area contributed by atoms with Crippen LogP contribution in [0.5, 0.6) is 5.75 Å². The normalized spacial score (nSPS) is 13.0. The number of halogens is 1. The largest absolute Gasteiger partial charge is 0.497 e. The lowest BCUT2D eigenvalue weighted by molar-refractivity contribution is -0.116. The smallest absolute Gasteiger partial charge is 0.337 e. The number of aryl methyl sites for hydroxylation is 2. The van der Waals surface area contributed by atoms with Crippen molar-refractivity contribution >= 4 is 44.7 Å². The third kappa shape index (κ3) is 4.03. The Bertz CT molecular complexity index is 1500. The minimum atomic E-state index is -0.549. The van der Waals surface area contributed by atoms with E-state index in [2.05, 4.69) is 5.32 Å². The zero-order chi connectivity index (χ0) is 23.8. The molecule has 1 aliphatic carbocycles. The molecule has 7 nitrogen and oxygen atoms in total. The lowest BCUT2D eigenvalue weighted by atomic mass is 9.97. The van der Waals surface area contributed by atoms with Gasteiger partial charge in [-0.2, -0.15) is 0 Å². The number of carbonyl (C=O) groups is 1. The van der Waals surface area contributed by atoms with Gasteiger partial charge in [0, 0.05) is 15.6 Å². The number of methoxy groups -OCH3 is 1. The second-order valence-electron chi connectivity index (χ2n) is 8.15. The van der Waals surface area contributed by atoms with E-state index < -0.39 is 5.69 Å². The van der Waals surface area contributed by atoms with Crippen LogP contribution in [0.1, 0.15) is 23.3 Å². The van der Waals surface area contributed by atoms with Gasteiger partial charge in [-0.25, -0.2) is 9.36 Å². The minimum absolute atomic E-state index is 0.214. The van der Waals surface area contributed by atoms with Crippen molar-refractivity contribution < 1.29 is 9.53 Å². The van der Waals surface area contributed by atoms with Crippen molar-refractivity contribution in [3.8, 4) is 11.4 Å². The van der Waals surface area contributed by atoms with Gasteiger partial charge < -0.3 is 10.1 Å². The van der Waals surface area contributed by atoms with Crippen molar-refractivity contribution in [2.45, 2.75) is 32.2 Å². The molecule has 1 N–H and O–H groups in total. The van der Waals surface area contributed by atoms with Crippen molar-refractivity contribution in [3.63, 3.8) is 0 Å². The molecule has 2 aromatic carbocycles. The van der Waals surface area contributed by atoms with Crippen LogP contribution in [0.4, 0.5) is 5.69 Å². The zero-order valence-electron chi connectivity index (χ0n) is 18.5. The summed E-state index contributed by atoms with van der Waals surface area (Å²) in [5, 5.41) is 3.90. The standard InChI is InChI=1S/C25H22ClN3O4S/c1-33-18-12-10-17(11-13-18)29-23(31)22-19-4-2-3-5-20(19)34-24(22)28(25(29)32)14-21(30)27-16-8-6-15(26)7-9-16/h6-13H,2-5,14H2,1H3,(H,27,30). The number of carbonyl (C=O) groups excluding carboxylic acids is 1. The number of hydrogen-bond acceptors (Lipinski definition) is 5. The van der Waals surface area contributed by atoms with Crippen LogP contribution in [-0.4, -0.2) is 22.2 Å². The molecule has 2 heterocycles. The van der Waals surface area contributed by atoms with Crippen LogP contribution in [-0.2, 0) is 24.2 Å². The quantitative estimate of drug-likeness (QED) is 0.445. The van der Waals surface area contributed by atoms with E-state index in [-0.39, 0.29) is 18.0 Å². The monoisotopic (exact) mass is 495 g/mol. The molecule has 174 valence electrons. The summed E-state index contributed by atoms with van der Waals surface area (Å²) in [6, 6.07) is 13.5. The maximum absolute atomic E-state index is 13.6. The van der Waals surface area contributed by atoms with Crippen molar-refractivity contribution in [1.29, 1.82) is 0 Å². The van der Waals surface area contributed by atoms with Crippen LogP contribution in [0, 0.1) is 0 Å². The summed E-state index contributed by atoms with van der Waals surface area (Å²) < 4.78 is 7.77. The summed E-state index contributed by atoms with van der Waals surface area (Å²) in [6.45, 7) is -0.214. The Balaban J connectivity index is 1.65. The number of anilines is 1. The highest BCUT2D eigenvalue weighted by Gasteiger charge is 2.25. The predicted octanol–water partition coefficient (Wildman–Crippen LogP) is 4.39. The molecule has 0 atom stereocenters. The fourth-order valence-corrected chi connectivity index (χ4v) is 5.84. The highest BCUT2D eigenvalue weighted by molar-refractivity contribution is 7.18. The molecule has 0 saturated heterocycles. The van der Waals surface area contributed by atoms with E-state index >= 15 is 0 Å². The molecular formula is C25H22ClN3O4S. The first kappa shape index (κ1) is 22.4. The van der Waals surface area contributed by atoms with Gasteiger partial charge in [0.15, 0.2) is 0 Å². The number of thiophene rings is 1. The van der Waals surface area contributed by atoms with Gasteiger partial charge in [-0.1, -0.05) is 11.6 Å². The number of rotatable bonds is 5. The fourth-order valence-electron chi connectivity index (χ4n) is 4.34. The number of ether oxygens (including phenoxy) is 1. The number of benzene rings is 2. The summed E-state index contributed by atoms with van der Waals surface area (Å²) in [7, 11) is 1.55. The van der Waals surface area contributed by atoms with Gasteiger partial charge in [-0.3, -0.25) is 14.2 Å². The molecule has 0 bridgehead atoms. The average molecular weight is 496 g/mol. The molecule has 34 heavy (non-hydrogen) atoms. The van der Waals surface area contributed by atoms with E-state index in [4.69, 9.17) is 16.3 Å². The third-order valence-electron chi connectivity index (χ3n) is 6.00. The Hall–Kier alpha value is -3.36. The predicted molar refractivity (Wildman–Crippen MR) is 135 cm³/mol. The Kier molecular flexibility index (Phi) is 6.02. The Morgan fingerprint density at radius 1 is 1.06 bits per heavy atom. The molecule has 0 unspecified atom stereocenters. The van der Waals surface area contributed by atoms with E-state index in [9.17, 15) is 14.4 Å². The molecule has 0 saturated carbocycles. The van der Waals surface area contributed by atoms with Gasteiger partial charge in [0.05, 0.1) is 18.2 Å². The minimum Gasteiger partial charge on any atom is -0.497 e. The molecule has 0 fully saturated rings. The summed E-state index contributed by atoms with van der Waals surface area (Å²) >= 11 is 7.37. The van der Waals surface area contributed by atoms with Crippen molar-refractivity contribution in [3.05, 3.63) is 84.8 Å². The van der Waals surface area contributed by atoms with Gasteiger partial charge in [-0.05, 0) is 79.8 Å². The molecule has 2 aromatic heterocycles. The van der Waals surface area contributed by atoms with Gasteiger partial charge in [-0.15, -0.1) is 11.3 Å². The van der Waals surface area contributed by atoms with E-state index in [1.807, 2.05) is 0 Å². The van der Waals surface area contributed by atoms with Gasteiger partial charge >= 0.3 is 5.69 Å². The first-order valence-corrected chi connectivity index (χ1v) is 12.2. The molecule has 4 aromatic rings. The number of hydrogen-bond donors (Lipinski definition) is 1. The Labute approximate surface area is 204 Å². The van der Waals surface area contributed by atoms with Crippen molar-refractivity contribution in [2.24, 2.45) is 0 Å². The molecule has 1 amide bonds. The van der Waals surface area contributed by atoms with Crippen LogP contribution >= 0.6 is 22.9 Å². The lowest BCUT2D eigenvalue weighted by Crippen LogP contribution is -2.40. The average Bonchev–Trinajstić information content (AvgIpc) is 3.23. The molecule has 0 spiro atoms. The highest BCUT2D eigenvalue weighted by Crippen LogP contribution is 2.34. The summed E-state index contributed by atoms with van der Waals surface area (Å²) in [6.07, 6.45) is 3.72. The van der Waals surface area contributed by atoms with Crippen LogP contribution < -0.4 is 21.3 Å². The van der Waals surface area contributed by atoms with Crippen molar-refractivity contribution in [1.82, 2.24) is 9.13 Å². The lowest BCUT2D eigenvalue weighted by Gasteiger charge is -2.14. The molecule has 1 aliphatic rings. The molecule has 5 rings (SSSR count). The summed E-state index contributed by atoms with van der Waals surface area (Å²) in [4.78, 5) is 41.8. The number of aromatic nitrogens is 2. The molecular weight excluding hydrogens is 474 g/mol. The summed E-state index contributed by atoms with van der Waals surface area (Å²) in [5.41, 5.74) is 1.12. The van der Waals surface area contributed by atoms with Crippen LogP contribution in [0.2, 0.25) is 5.02 Å². The van der Waals surface area contributed by atoms with Crippen molar-refractivity contribution in [2.75, 3.05) is 12.4 Å². The fraction of sp³-hybridized carbons (Fsp3) is 0.240. The van der Waals surface area contributed by atoms with E-state index in [1.54, 1.807) is 55.6 Å². The number of fused-ring (bicyclic) bond motifs is 3. The SMILES string of the molecule is COc1ccc(-n2c(=O)c3c4c(sc3n(CC(=O)Nc3ccc(Cl)cc3)c2=O)CCCC4)cc1. The van der Waals surface area contributed by atoms with Gasteiger partial charge in [0.25, 0.3) is 5.56 Å². The van der Waals surface area contributed by atoms with Crippen LogP contribution in [0.25, 0.3) is 15.9 Å². The highest BCUT2D eigenvalue weighted by atomic mass is 35.5.